The summed E-state index contributed by atoms with van der Waals surface area (Å²) < 4.78 is 15.7. The minimum Gasteiger partial charge on any atom is -0.384 e. The van der Waals surface area contributed by atoms with Crippen LogP contribution in [0.2, 0.25) is 0 Å². The lowest BCUT2D eigenvalue weighted by Crippen LogP contribution is -2.32. The van der Waals surface area contributed by atoms with Gasteiger partial charge >= 0.3 is 0 Å². The average molecular weight is 403 g/mol. The molecule has 0 saturated carbocycles. The van der Waals surface area contributed by atoms with E-state index in [1.807, 2.05) is 5.38 Å². The van der Waals surface area contributed by atoms with Crippen LogP contribution in [-0.4, -0.2) is 46.2 Å². The molecule has 1 aliphatic rings. The van der Waals surface area contributed by atoms with Crippen LogP contribution in [0.15, 0.2) is 25.4 Å². The van der Waals surface area contributed by atoms with E-state index in [2.05, 4.69) is 25.0 Å². The molecule has 1 aromatic rings. The maximum absolute atomic E-state index is 11.8. The zero-order valence-corrected chi connectivity index (χ0v) is 15.8. The standard InChI is InChI=1S/C12H18N8O2S3/c1-16-7-8(9(13)21)25(22)20-10(7)17-2-3-23-4-6-5-24-12(18-6)19-11(14)15/h5,16H,2-4H2,1H3,(H2,13,21)(H,17,20)(H4,14,15,18,19). The summed E-state index contributed by atoms with van der Waals surface area (Å²) in [5.41, 5.74) is 17.1. The van der Waals surface area contributed by atoms with Crippen molar-refractivity contribution >= 4 is 56.9 Å². The summed E-state index contributed by atoms with van der Waals surface area (Å²) in [6.07, 6.45) is 0. The number of thiazole rings is 1. The molecule has 8 N–H and O–H groups in total. The van der Waals surface area contributed by atoms with Gasteiger partial charge in [-0.1, -0.05) is 0 Å². The summed E-state index contributed by atoms with van der Waals surface area (Å²) in [5, 5.41) is 8.28. The van der Waals surface area contributed by atoms with E-state index in [4.69, 9.17) is 17.2 Å². The molecule has 0 aliphatic carbocycles. The Hall–Kier alpha value is -2.12. The Kier molecular flexibility index (Phi) is 6.78. The minimum atomic E-state index is -1.77. The number of hydrogen-bond donors (Lipinski definition) is 5. The number of aliphatic imine (C=N–C) groups is 1. The number of thioether (sulfide) groups is 1. The number of amidine groups is 1. The third-order valence-electron chi connectivity index (χ3n) is 2.84. The molecule has 0 bridgehead atoms. The topological polar surface area (TPSA) is 174 Å². The van der Waals surface area contributed by atoms with Gasteiger partial charge in [-0.3, -0.25) is 4.79 Å². The quantitative estimate of drug-likeness (QED) is 0.206. The third-order valence-corrected chi connectivity index (χ3v) is 5.72. The molecular weight excluding hydrogens is 384 g/mol. The second-order valence-electron chi connectivity index (χ2n) is 4.64. The number of amides is 1. The van der Waals surface area contributed by atoms with Crippen LogP contribution < -0.4 is 27.8 Å². The number of primary amides is 1. The van der Waals surface area contributed by atoms with Crippen LogP contribution in [0.25, 0.3) is 0 Å². The van der Waals surface area contributed by atoms with Gasteiger partial charge in [-0.05, 0) is 0 Å². The Labute approximate surface area is 155 Å². The number of carbonyl (C=O) groups excluding carboxylic acids is 1. The molecule has 136 valence electrons. The SMILES string of the molecule is CNC1=C(C(N)=O)S(=O)N=C1NCCSCc1csc(N=C(N)N)n1. The molecule has 1 unspecified atom stereocenters. The van der Waals surface area contributed by atoms with Crippen molar-refractivity contribution in [2.45, 2.75) is 5.75 Å². The fraction of sp³-hybridized carbons (Fsp3) is 0.333. The van der Waals surface area contributed by atoms with Crippen molar-refractivity contribution < 1.29 is 9.00 Å². The Bertz CT molecular complexity index is 766. The molecule has 25 heavy (non-hydrogen) atoms. The van der Waals surface area contributed by atoms with E-state index in [-0.39, 0.29) is 10.9 Å². The van der Waals surface area contributed by atoms with Crippen LogP contribution in [0.5, 0.6) is 0 Å². The number of nitrogens with two attached hydrogens (primary N) is 3. The summed E-state index contributed by atoms with van der Waals surface area (Å²) in [6.45, 7) is 0.572. The summed E-state index contributed by atoms with van der Waals surface area (Å²) in [5.74, 6) is 1.06. The van der Waals surface area contributed by atoms with Crippen molar-refractivity contribution in [2.24, 2.45) is 26.6 Å². The lowest BCUT2D eigenvalue weighted by atomic mass is 10.3. The number of guanidine groups is 1. The van der Waals surface area contributed by atoms with Gasteiger partial charge in [-0.15, -0.1) is 11.3 Å². The fourth-order valence-corrected chi connectivity index (χ4v) is 4.39. The van der Waals surface area contributed by atoms with Crippen molar-refractivity contribution in [3.63, 3.8) is 0 Å². The van der Waals surface area contributed by atoms with Gasteiger partial charge in [-0.25, -0.2) is 9.19 Å². The van der Waals surface area contributed by atoms with E-state index in [1.165, 1.54) is 11.3 Å². The van der Waals surface area contributed by atoms with Gasteiger partial charge in [0.05, 0.1) is 5.69 Å². The number of likely N-dealkylation sites (N-methyl/N-ethyl adjacent to an activating group) is 1. The van der Waals surface area contributed by atoms with E-state index in [0.717, 1.165) is 11.4 Å². The predicted molar refractivity (Wildman–Crippen MR) is 103 cm³/mol. The fourth-order valence-electron chi connectivity index (χ4n) is 1.87. The predicted octanol–water partition coefficient (Wildman–Crippen LogP) is -1.14. The largest absolute Gasteiger partial charge is 0.384 e. The van der Waals surface area contributed by atoms with Gasteiger partial charge in [0.1, 0.15) is 5.70 Å². The Morgan fingerprint density at radius 3 is 2.84 bits per heavy atom. The molecule has 2 rings (SSSR count). The van der Waals surface area contributed by atoms with Crippen LogP contribution in [0.1, 0.15) is 5.69 Å². The average Bonchev–Trinajstić information content (AvgIpc) is 3.10. The second-order valence-corrected chi connectivity index (χ2v) is 7.68. The molecule has 1 aliphatic heterocycles. The summed E-state index contributed by atoms with van der Waals surface area (Å²) >= 11 is 3.02. The number of nitrogens with one attached hydrogen (secondary N) is 2. The third kappa shape index (κ3) is 5.17. The van der Waals surface area contributed by atoms with E-state index in [1.54, 1.807) is 18.8 Å². The van der Waals surface area contributed by atoms with Crippen molar-refractivity contribution in [3.8, 4) is 0 Å². The molecule has 0 aromatic carbocycles. The highest BCUT2D eigenvalue weighted by molar-refractivity contribution is 7.98. The van der Waals surface area contributed by atoms with E-state index in [9.17, 15) is 9.00 Å². The number of hydrogen-bond acceptors (Lipinski definition) is 8. The number of rotatable bonds is 8. The maximum Gasteiger partial charge on any atom is 0.261 e. The first kappa shape index (κ1) is 19.2. The van der Waals surface area contributed by atoms with E-state index in [0.29, 0.717) is 29.0 Å². The first-order valence-electron chi connectivity index (χ1n) is 7.00. The zero-order valence-electron chi connectivity index (χ0n) is 13.3. The summed E-state index contributed by atoms with van der Waals surface area (Å²) in [6, 6.07) is 0. The van der Waals surface area contributed by atoms with Crippen LogP contribution >= 0.6 is 23.1 Å². The van der Waals surface area contributed by atoms with Gasteiger partial charge in [0.2, 0.25) is 5.13 Å². The van der Waals surface area contributed by atoms with Crippen molar-refractivity contribution in [3.05, 3.63) is 21.7 Å². The van der Waals surface area contributed by atoms with Crippen molar-refractivity contribution in [1.82, 2.24) is 15.6 Å². The van der Waals surface area contributed by atoms with Crippen molar-refractivity contribution in [1.29, 1.82) is 0 Å². The summed E-state index contributed by atoms with van der Waals surface area (Å²) in [4.78, 5) is 19.5. The Morgan fingerprint density at radius 1 is 1.44 bits per heavy atom. The number of nitrogens with zero attached hydrogens (tertiary/aromatic N) is 3. The molecule has 2 heterocycles. The van der Waals surface area contributed by atoms with E-state index >= 15 is 0 Å². The molecule has 1 amide bonds. The Morgan fingerprint density at radius 2 is 2.20 bits per heavy atom. The van der Waals surface area contributed by atoms with Crippen LogP contribution in [-0.2, 0) is 21.5 Å². The normalized spacial score (nSPS) is 16.5. The second kappa shape index (κ2) is 8.82. The minimum absolute atomic E-state index is 0.0174. The molecule has 0 radical (unpaired) electrons. The zero-order chi connectivity index (χ0) is 18.4. The number of carbonyl (C=O) groups is 1. The van der Waals surface area contributed by atoms with Gasteiger partial charge in [0, 0.05) is 30.5 Å². The number of aromatic nitrogens is 1. The van der Waals surface area contributed by atoms with Gasteiger partial charge in [-0.2, -0.15) is 21.2 Å². The molecule has 13 heteroatoms. The van der Waals surface area contributed by atoms with Crippen LogP contribution in [0.4, 0.5) is 5.13 Å². The highest BCUT2D eigenvalue weighted by Gasteiger charge is 2.28. The smallest absolute Gasteiger partial charge is 0.261 e. The van der Waals surface area contributed by atoms with Gasteiger partial charge < -0.3 is 27.8 Å². The molecule has 1 atom stereocenters. The Balaban J connectivity index is 1.79. The lowest BCUT2D eigenvalue weighted by Gasteiger charge is -2.09. The highest BCUT2D eigenvalue weighted by atomic mass is 32.2. The first-order valence-corrected chi connectivity index (χ1v) is 10.1. The van der Waals surface area contributed by atoms with Crippen LogP contribution in [0, 0.1) is 0 Å². The molecule has 0 spiro atoms. The summed E-state index contributed by atoms with van der Waals surface area (Å²) in [7, 11) is -0.156. The lowest BCUT2D eigenvalue weighted by molar-refractivity contribution is -0.113. The monoisotopic (exact) mass is 402 g/mol. The molecule has 0 fully saturated rings. The van der Waals surface area contributed by atoms with Gasteiger partial charge in [0.25, 0.3) is 5.91 Å². The maximum atomic E-state index is 11.8. The first-order chi connectivity index (χ1) is 11.9. The molecule has 10 nitrogen and oxygen atoms in total. The molecule has 1 aromatic heterocycles. The molecular formula is C12H18N8O2S3. The molecule has 0 saturated heterocycles. The van der Waals surface area contributed by atoms with Gasteiger partial charge in [0.15, 0.2) is 27.7 Å². The highest BCUT2D eigenvalue weighted by Crippen LogP contribution is 2.21. The van der Waals surface area contributed by atoms with E-state index < -0.39 is 16.9 Å². The van der Waals surface area contributed by atoms with Crippen LogP contribution in [0.3, 0.4) is 0 Å². The van der Waals surface area contributed by atoms with Crippen molar-refractivity contribution in [2.75, 3.05) is 19.3 Å².